The molecule has 1 unspecified atom stereocenters. The van der Waals surface area contributed by atoms with Crippen molar-refractivity contribution in [3.05, 3.63) is 0 Å². The second-order valence-electron chi connectivity index (χ2n) is 4.36. The van der Waals surface area contributed by atoms with Crippen molar-refractivity contribution in [2.24, 2.45) is 5.10 Å². The van der Waals surface area contributed by atoms with Crippen molar-refractivity contribution < 1.29 is 14.4 Å². The van der Waals surface area contributed by atoms with Crippen LogP contribution in [0.25, 0.3) is 0 Å². The molecule has 1 fully saturated rings. The van der Waals surface area contributed by atoms with Crippen LogP contribution in [0.15, 0.2) is 5.10 Å². The molecule has 2 aliphatic heterocycles. The summed E-state index contributed by atoms with van der Waals surface area (Å²) in [5.74, 6) is -0.585. The number of hydrazone groups is 1. The number of likely N-dealkylation sites (tertiary alicyclic amines) is 1. The van der Waals surface area contributed by atoms with Crippen LogP contribution in [0.5, 0.6) is 0 Å². The molecule has 18 heavy (non-hydrogen) atoms. The fraction of sp³-hybridized carbons (Fsp3) is 0.636. The summed E-state index contributed by atoms with van der Waals surface area (Å²) in [6, 6.07) is -0.414. The monoisotopic (exact) mass is 252 g/mol. The largest absolute Gasteiger partial charge is 0.357 e. The highest BCUT2D eigenvalue weighted by molar-refractivity contribution is 6.39. The lowest BCUT2D eigenvalue weighted by molar-refractivity contribution is -0.133. The lowest BCUT2D eigenvalue weighted by Crippen LogP contribution is -2.48. The van der Waals surface area contributed by atoms with Gasteiger partial charge in [0.25, 0.3) is 5.91 Å². The average molecular weight is 252 g/mol. The number of amides is 3. The third kappa shape index (κ3) is 2.34. The van der Waals surface area contributed by atoms with Gasteiger partial charge in [-0.1, -0.05) is 0 Å². The summed E-state index contributed by atoms with van der Waals surface area (Å²) < 4.78 is 0. The zero-order chi connectivity index (χ0) is 13.1. The van der Waals surface area contributed by atoms with Crippen LogP contribution in [-0.2, 0) is 14.4 Å². The van der Waals surface area contributed by atoms with E-state index in [1.807, 2.05) is 0 Å². The van der Waals surface area contributed by atoms with E-state index >= 15 is 0 Å². The van der Waals surface area contributed by atoms with Crippen LogP contribution in [-0.4, -0.2) is 48.0 Å². The molecule has 2 rings (SSSR count). The first-order valence-corrected chi connectivity index (χ1v) is 6.01. The molecule has 0 aromatic heterocycles. The number of hydrogen-bond acceptors (Lipinski definition) is 4. The number of nitrogens with one attached hydrogen (secondary N) is 2. The van der Waals surface area contributed by atoms with Gasteiger partial charge in [-0.25, -0.2) is 5.43 Å². The van der Waals surface area contributed by atoms with Crippen LogP contribution in [0.1, 0.15) is 25.7 Å². The molecule has 3 amide bonds. The molecule has 0 aliphatic carbocycles. The highest BCUT2D eigenvalue weighted by atomic mass is 16.2. The first-order chi connectivity index (χ1) is 8.63. The SMILES string of the molecule is CNC(=O)C1CCCN1C(=O)C1=NNC(=O)CC1. The van der Waals surface area contributed by atoms with Gasteiger partial charge in [-0.15, -0.1) is 0 Å². The summed E-state index contributed by atoms with van der Waals surface area (Å²) >= 11 is 0. The van der Waals surface area contributed by atoms with Crippen molar-refractivity contribution in [1.82, 2.24) is 15.6 Å². The van der Waals surface area contributed by atoms with Crippen LogP contribution < -0.4 is 10.7 Å². The Morgan fingerprint density at radius 2 is 2.22 bits per heavy atom. The molecule has 7 heteroatoms. The normalized spacial score (nSPS) is 23.4. The van der Waals surface area contributed by atoms with E-state index in [9.17, 15) is 14.4 Å². The van der Waals surface area contributed by atoms with Gasteiger partial charge in [0.05, 0.1) is 0 Å². The average Bonchev–Trinajstić information content (AvgIpc) is 2.87. The fourth-order valence-electron chi connectivity index (χ4n) is 2.24. The maximum Gasteiger partial charge on any atom is 0.270 e. The van der Waals surface area contributed by atoms with Gasteiger partial charge in [0, 0.05) is 26.4 Å². The summed E-state index contributed by atoms with van der Waals surface area (Å²) in [6.45, 7) is 0.559. The zero-order valence-corrected chi connectivity index (χ0v) is 10.2. The number of carbonyl (C=O) groups is 3. The number of nitrogens with zero attached hydrogens (tertiary/aromatic N) is 2. The lowest BCUT2D eigenvalue weighted by Gasteiger charge is -2.24. The highest BCUT2D eigenvalue weighted by Gasteiger charge is 2.35. The van der Waals surface area contributed by atoms with Crippen LogP contribution >= 0.6 is 0 Å². The molecule has 7 nitrogen and oxygen atoms in total. The van der Waals surface area contributed by atoms with Gasteiger partial charge < -0.3 is 10.2 Å². The predicted molar refractivity (Wildman–Crippen MR) is 63.6 cm³/mol. The summed E-state index contributed by atoms with van der Waals surface area (Å²) in [5, 5.41) is 6.33. The van der Waals surface area contributed by atoms with Gasteiger partial charge in [0.15, 0.2) is 0 Å². The van der Waals surface area contributed by atoms with Crippen LogP contribution in [0.3, 0.4) is 0 Å². The van der Waals surface area contributed by atoms with E-state index in [2.05, 4.69) is 15.8 Å². The molecule has 98 valence electrons. The van der Waals surface area contributed by atoms with E-state index in [0.29, 0.717) is 25.1 Å². The van der Waals surface area contributed by atoms with Gasteiger partial charge in [0.1, 0.15) is 11.8 Å². The van der Waals surface area contributed by atoms with E-state index < -0.39 is 6.04 Å². The van der Waals surface area contributed by atoms with E-state index in [4.69, 9.17) is 0 Å². The molecule has 0 aromatic rings. The zero-order valence-electron chi connectivity index (χ0n) is 10.2. The van der Waals surface area contributed by atoms with Crippen molar-refractivity contribution in [2.45, 2.75) is 31.7 Å². The summed E-state index contributed by atoms with van der Waals surface area (Å²) in [5.41, 5.74) is 2.62. The summed E-state index contributed by atoms with van der Waals surface area (Å²) in [7, 11) is 1.56. The Hall–Kier alpha value is -1.92. The van der Waals surface area contributed by atoms with Crippen molar-refractivity contribution in [2.75, 3.05) is 13.6 Å². The van der Waals surface area contributed by atoms with Gasteiger partial charge >= 0.3 is 0 Å². The fourth-order valence-corrected chi connectivity index (χ4v) is 2.24. The third-order valence-corrected chi connectivity index (χ3v) is 3.21. The minimum absolute atomic E-state index is 0.152. The maximum atomic E-state index is 12.2. The van der Waals surface area contributed by atoms with E-state index in [0.717, 1.165) is 6.42 Å². The van der Waals surface area contributed by atoms with E-state index in [-0.39, 0.29) is 24.1 Å². The maximum absolute atomic E-state index is 12.2. The Kier molecular flexibility index (Phi) is 3.59. The number of carbonyl (C=O) groups excluding carboxylic acids is 3. The molecule has 0 aromatic carbocycles. The van der Waals surface area contributed by atoms with Gasteiger partial charge in [-0.2, -0.15) is 5.10 Å². The van der Waals surface area contributed by atoms with E-state index in [1.165, 1.54) is 4.90 Å². The first kappa shape index (κ1) is 12.5. The standard InChI is InChI=1S/C11H16N4O3/c1-12-10(17)8-3-2-6-15(8)11(18)7-4-5-9(16)14-13-7/h8H,2-6H2,1H3,(H,12,17)(H,14,16). The molecule has 2 N–H and O–H groups in total. The third-order valence-electron chi connectivity index (χ3n) is 3.21. The molecular weight excluding hydrogens is 236 g/mol. The Morgan fingerprint density at radius 1 is 1.44 bits per heavy atom. The Balaban J connectivity index is 2.08. The number of rotatable bonds is 2. The summed E-state index contributed by atoms with van der Waals surface area (Å²) in [4.78, 5) is 36.4. The number of likely N-dealkylation sites (N-methyl/N-ethyl adjacent to an activating group) is 1. The molecule has 0 spiro atoms. The molecule has 0 bridgehead atoms. The highest BCUT2D eigenvalue weighted by Crippen LogP contribution is 2.19. The van der Waals surface area contributed by atoms with Crippen molar-refractivity contribution in [3.8, 4) is 0 Å². The second-order valence-corrected chi connectivity index (χ2v) is 4.36. The Labute approximate surface area is 105 Å². The number of hydrogen-bond donors (Lipinski definition) is 2. The molecule has 1 saturated heterocycles. The minimum atomic E-state index is -0.414. The van der Waals surface area contributed by atoms with Gasteiger partial charge in [0.2, 0.25) is 11.8 Å². The first-order valence-electron chi connectivity index (χ1n) is 6.01. The minimum Gasteiger partial charge on any atom is -0.357 e. The topological polar surface area (TPSA) is 90.9 Å². The van der Waals surface area contributed by atoms with Crippen molar-refractivity contribution >= 4 is 23.4 Å². The predicted octanol–water partition coefficient (Wildman–Crippen LogP) is -1.01. The van der Waals surface area contributed by atoms with Crippen molar-refractivity contribution in [3.63, 3.8) is 0 Å². The van der Waals surface area contributed by atoms with Crippen LogP contribution in [0.4, 0.5) is 0 Å². The van der Waals surface area contributed by atoms with Gasteiger partial charge in [-0.05, 0) is 12.8 Å². The molecule has 0 radical (unpaired) electrons. The molecule has 1 atom stereocenters. The van der Waals surface area contributed by atoms with Gasteiger partial charge in [-0.3, -0.25) is 14.4 Å². The second kappa shape index (κ2) is 5.16. The van der Waals surface area contributed by atoms with Crippen LogP contribution in [0.2, 0.25) is 0 Å². The quantitative estimate of drug-likeness (QED) is 0.659. The summed E-state index contributed by atoms with van der Waals surface area (Å²) in [6.07, 6.45) is 2.08. The van der Waals surface area contributed by atoms with E-state index in [1.54, 1.807) is 7.05 Å². The lowest BCUT2D eigenvalue weighted by atomic mass is 10.1. The molecular formula is C11H16N4O3. The Morgan fingerprint density at radius 3 is 2.83 bits per heavy atom. The van der Waals surface area contributed by atoms with Crippen molar-refractivity contribution in [1.29, 1.82) is 0 Å². The molecule has 2 heterocycles. The smallest absolute Gasteiger partial charge is 0.270 e. The Bertz CT molecular complexity index is 419. The van der Waals surface area contributed by atoms with Crippen LogP contribution in [0, 0.1) is 0 Å². The molecule has 2 aliphatic rings. The molecule has 0 saturated carbocycles.